The van der Waals surface area contributed by atoms with E-state index in [1.165, 1.54) is 19.1 Å². The van der Waals surface area contributed by atoms with Crippen LogP contribution in [-0.2, 0) is 17.8 Å². The number of benzene rings is 1. The van der Waals surface area contributed by atoms with Crippen LogP contribution in [0.2, 0.25) is 0 Å². The molecule has 1 N–H and O–H groups in total. The summed E-state index contributed by atoms with van der Waals surface area (Å²) < 4.78 is 7.52. The average molecular weight is 405 g/mol. The van der Waals surface area contributed by atoms with Gasteiger partial charge in [-0.15, -0.1) is 11.6 Å². The van der Waals surface area contributed by atoms with Gasteiger partial charge in [-0.3, -0.25) is 20.2 Å². The number of non-ortho nitro benzene ring substituents is 1. The van der Waals surface area contributed by atoms with Crippen LogP contribution in [-0.4, -0.2) is 42.8 Å². The highest BCUT2D eigenvalue weighted by Gasteiger charge is 2.15. The number of alkyl halides is 1. The Morgan fingerprint density at radius 2 is 2.07 bits per heavy atom. The summed E-state index contributed by atoms with van der Waals surface area (Å²) in [5.41, 5.74) is 1.88. The molecule has 3 aromatic rings. The fourth-order valence-electron chi connectivity index (χ4n) is 2.54. The Kier molecular flexibility index (Phi) is 5.99. The number of fused-ring (bicyclic) bond motifs is 1. The summed E-state index contributed by atoms with van der Waals surface area (Å²) >= 11 is 5.80. The third-order valence-electron chi connectivity index (χ3n) is 3.82. The molecular weight excluding hydrogens is 388 g/mol. The van der Waals surface area contributed by atoms with Crippen molar-refractivity contribution < 1.29 is 14.5 Å². The van der Waals surface area contributed by atoms with Crippen LogP contribution < -0.4 is 10.1 Å². The van der Waals surface area contributed by atoms with Crippen molar-refractivity contribution in [2.75, 3.05) is 17.8 Å². The number of ether oxygens (including phenoxy) is 1. The molecule has 0 radical (unpaired) electrons. The Hall–Kier alpha value is -3.27. The first kappa shape index (κ1) is 19.5. The lowest BCUT2D eigenvalue weighted by Gasteiger charge is -2.09. The van der Waals surface area contributed by atoms with Gasteiger partial charge in [-0.25, -0.2) is 4.98 Å². The van der Waals surface area contributed by atoms with Crippen molar-refractivity contribution in [2.24, 2.45) is 0 Å². The first-order valence-corrected chi connectivity index (χ1v) is 8.94. The Balaban J connectivity index is 1.78. The number of anilines is 1. The van der Waals surface area contributed by atoms with Crippen molar-refractivity contribution in [3.63, 3.8) is 0 Å². The number of amides is 1. The van der Waals surface area contributed by atoms with E-state index in [0.29, 0.717) is 30.0 Å². The fraction of sp³-hybridized carbons (Fsp3) is 0.294. The molecule has 0 aliphatic carbocycles. The van der Waals surface area contributed by atoms with Gasteiger partial charge < -0.3 is 9.30 Å². The lowest BCUT2D eigenvalue weighted by Crippen LogP contribution is -2.12. The molecule has 0 saturated carbocycles. The van der Waals surface area contributed by atoms with Crippen LogP contribution in [0.1, 0.15) is 12.5 Å². The highest BCUT2D eigenvalue weighted by atomic mass is 35.5. The molecule has 0 atom stereocenters. The van der Waals surface area contributed by atoms with Crippen LogP contribution >= 0.6 is 11.6 Å². The maximum absolute atomic E-state index is 11.4. The molecule has 1 aromatic carbocycles. The van der Waals surface area contributed by atoms with Crippen LogP contribution in [0.25, 0.3) is 11.2 Å². The molecule has 2 aromatic heterocycles. The maximum atomic E-state index is 11.4. The van der Waals surface area contributed by atoms with E-state index in [9.17, 15) is 14.9 Å². The number of nitrogens with one attached hydrogen (secondary N) is 1. The second kappa shape index (κ2) is 8.61. The van der Waals surface area contributed by atoms with Gasteiger partial charge in [-0.1, -0.05) is 12.1 Å². The first-order valence-electron chi connectivity index (χ1n) is 8.40. The van der Waals surface area contributed by atoms with E-state index in [4.69, 9.17) is 16.3 Å². The minimum atomic E-state index is -0.446. The van der Waals surface area contributed by atoms with Gasteiger partial charge in [0.1, 0.15) is 0 Å². The lowest BCUT2D eigenvalue weighted by atomic mass is 10.1. The van der Waals surface area contributed by atoms with E-state index in [1.807, 2.05) is 0 Å². The number of nitrogens with zero attached hydrogens (tertiary/aromatic N) is 5. The van der Waals surface area contributed by atoms with Crippen molar-refractivity contribution in [2.45, 2.75) is 19.9 Å². The van der Waals surface area contributed by atoms with Gasteiger partial charge in [-0.2, -0.15) is 9.97 Å². The molecule has 3 rings (SSSR count). The minimum Gasteiger partial charge on any atom is -0.476 e. The molecule has 0 aliphatic heterocycles. The summed E-state index contributed by atoms with van der Waals surface area (Å²) in [6.45, 7) is 2.13. The van der Waals surface area contributed by atoms with Gasteiger partial charge in [0.25, 0.3) is 5.69 Å². The molecule has 0 fully saturated rings. The van der Waals surface area contributed by atoms with Crippen LogP contribution in [0.4, 0.5) is 11.6 Å². The van der Waals surface area contributed by atoms with Crippen molar-refractivity contribution in [1.82, 2.24) is 19.5 Å². The van der Waals surface area contributed by atoms with Gasteiger partial charge in [0.2, 0.25) is 17.7 Å². The zero-order valence-corrected chi connectivity index (χ0v) is 15.7. The number of carbonyl (C=O) groups is 1. The van der Waals surface area contributed by atoms with Crippen molar-refractivity contribution in [3.05, 3.63) is 46.3 Å². The van der Waals surface area contributed by atoms with Gasteiger partial charge in [0.05, 0.1) is 17.9 Å². The zero-order valence-electron chi connectivity index (χ0n) is 15.0. The number of nitro benzene ring substituents is 1. The molecule has 1 amide bonds. The Labute approximate surface area is 164 Å². The van der Waals surface area contributed by atoms with E-state index >= 15 is 0 Å². The molecule has 0 aliphatic rings. The SMILES string of the molecule is CC(=O)Nc1nc(OCCc2ccc([N+](=O)[O-])cc2)c2ncn(CCCl)c2n1. The van der Waals surface area contributed by atoms with Crippen LogP contribution in [0.15, 0.2) is 30.6 Å². The van der Waals surface area contributed by atoms with Crippen molar-refractivity contribution >= 4 is 40.3 Å². The molecule has 0 spiro atoms. The summed E-state index contributed by atoms with van der Waals surface area (Å²) in [4.78, 5) is 34.4. The number of aromatic nitrogens is 4. The molecule has 0 bridgehead atoms. The summed E-state index contributed by atoms with van der Waals surface area (Å²) in [7, 11) is 0. The number of nitro groups is 1. The van der Waals surface area contributed by atoms with E-state index in [0.717, 1.165) is 5.56 Å². The van der Waals surface area contributed by atoms with Crippen LogP contribution in [0, 0.1) is 10.1 Å². The number of halogens is 1. The summed E-state index contributed by atoms with van der Waals surface area (Å²) in [6, 6.07) is 6.24. The van der Waals surface area contributed by atoms with Crippen LogP contribution in [0.5, 0.6) is 5.88 Å². The predicted molar refractivity (Wildman–Crippen MR) is 103 cm³/mol. The summed E-state index contributed by atoms with van der Waals surface area (Å²) in [5, 5.41) is 13.3. The fourth-order valence-corrected chi connectivity index (χ4v) is 2.72. The smallest absolute Gasteiger partial charge is 0.269 e. The lowest BCUT2D eigenvalue weighted by molar-refractivity contribution is -0.384. The van der Waals surface area contributed by atoms with E-state index in [2.05, 4.69) is 20.3 Å². The number of hydrogen-bond donors (Lipinski definition) is 1. The quantitative estimate of drug-likeness (QED) is 0.347. The van der Waals surface area contributed by atoms with Gasteiger partial charge in [0, 0.05) is 37.9 Å². The molecule has 0 saturated heterocycles. The predicted octanol–water partition coefficient (Wildman–Crippen LogP) is 2.55. The van der Waals surface area contributed by atoms with E-state index in [1.54, 1.807) is 23.0 Å². The Morgan fingerprint density at radius 1 is 1.32 bits per heavy atom. The second-order valence-corrected chi connectivity index (χ2v) is 6.23. The molecule has 0 unspecified atom stereocenters. The van der Waals surface area contributed by atoms with E-state index < -0.39 is 4.92 Å². The van der Waals surface area contributed by atoms with Crippen LogP contribution in [0.3, 0.4) is 0 Å². The first-order chi connectivity index (χ1) is 13.5. The standard InChI is InChI=1S/C17H17ClN6O4/c1-11(25)20-17-21-15-14(19-10-23(15)8-7-18)16(22-17)28-9-6-12-2-4-13(5-3-12)24(26)27/h2-5,10H,6-9H2,1H3,(H,20,21,22,25). The third-order valence-corrected chi connectivity index (χ3v) is 3.99. The number of hydrogen-bond acceptors (Lipinski definition) is 7. The highest BCUT2D eigenvalue weighted by molar-refractivity contribution is 6.17. The molecule has 146 valence electrons. The highest BCUT2D eigenvalue weighted by Crippen LogP contribution is 2.23. The monoisotopic (exact) mass is 404 g/mol. The minimum absolute atomic E-state index is 0.0342. The second-order valence-electron chi connectivity index (χ2n) is 5.85. The van der Waals surface area contributed by atoms with Gasteiger partial charge in [0.15, 0.2) is 11.2 Å². The average Bonchev–Trinajstić information content (AvgIpc) is 3.05. The summed E-state index contributed by atoms with van der Waals surface area (Å²) in [6.07, 6.45) is 2.10. The number of carbonyl (C=O) groups excluding carboxylic acids is 1. The van der Waals surface area contributed by atoms with Crippen molar-refractivity contribution in [1.29, 1.82) is 0 Å². The Morgan fingerprint density at radius 3 is 2.71 bits per heavy atom. The normalized spacial score (nSPS) is 10.8. The zero-order chi connectivity index (χ0) is 20.1. The number of imidazole rings is 1. The number of aryl methyl sites for hydroxylation is 1. The van der Waals surface area contributed by atoms with Gasteiger partial charge in [-0.05, 0) is 5.56 Å². The maximum Gasteiger partial charge on any atom is 0.269 e. The largest absolute Gasteiger partial charge is 0.476 e. The van der Waals surface area contributed by atoms with E-state index in [-0.39, 0.29) is 30.0 Å². The summed E-state index contributed by atoms with van der Waals surface area (Å²) in [5.74, 6) is 0.423. The van der Waals surface area contributed by atoms with Crippen molar-refractivity contribution in [3.8, 4) is 5.88 Å². The number of rotatable bonds is 8. The Bertz CT molecular complexity index is 1000. The molecular formula is C17H17ClN6O4. The molecule has 28 heavy (non-hydrogen) atoms. The van der Waals surface area contributed by atoms with Gasteiger partial charge >= 0.3 is 0 Å². The molecule has 2 heterocycles. The topological polar surface area (TPSA) is 125 Å². The third kappa shape index (κ3) is 4.52. The molecule has 11 heteroatoms. The molecule has 10 nitrogen and oxygen atoms in total.